The molecule has 2 rings (SSSR count). The van der Waals surface area contributed by atoms with Crippen molar-refractivity contribution < 1.29 is 41.0 Å². The zero-order valence-electron chi connectivity index (χ0n) is 20.6. The molecule has 9 heteroatoms. The number of ether oxygens (including phenoxy) is 3. The van der Waals surface area contributed by atoms with E-state index in [2.05, 4.69) is 16.4 Å². The Balaban J connectivity index is 1.93. The smallest absolute Gasteiger partial charge is 0.494 e. The fourth-order valence-corrected chi connectivity index (χ4v) is 3.61. The first-order valence-electron chi connectivity index (χ1n) is 12.3. The summed E-state index contributed by atoms with van der Waals surface area (Å²) in [4.78, 5) is 11.8. The molecule has 0 N–H and O–H groups in total. The summed E-state index contributed by atoms with van der Waals surface area (Å²) in [6.45, 7) is 3.92. The molecular weight excluding hydrogens is 483 g/mol. The SMILES string of the molecule is CCCCCCOc1ccc(-c2ccc(OC(=O)OCCC(CCCC)C(F)(F)F)c(F)c2F)cc1. The highest BCUT2D eigenvalue weighted by Crippen LogP contribution is 2.33. The van der Waals surface area contributed by atoms with E-state index in [4.69, 9.17) is 4.74 Å². The topological polar surface area (TPSA) is 44.8 Å². The van der Waals surface area contributed by atoms with Crippen LogP contribution in [0.1, 0.15) is 65.2 Å². The summed E-state index contributed by atoms with van der Waals surface area (Å²) >= 11 is 0. The number of hydrogen-bond acceptors (Lipinski definition) is 4. The van der Waals surface area contributed by atoms with Gasteiger partial charge in [0.25, 0.3) is 0 Å². The first kappa shape index (κ1) is 29.4. The van der Waals surface area contributed by atoms with Crippen LogP contribution in [0.3, 0.4) is 0 Å². The van der Waals surface area contributed by atoms with Crippen molar-refractivity contribution >= 4 is 6.16 Å². The maximum atomic E-state index is 14.7. The van der Waals surface area contributed by atoms with Gasteiger partial charge in [0.15, 0.2) is 11.6 Å². The van der Waals surface area contributed by atoms with Gasteiger partial charge in [0, 0.05) is 5.56 Å². The standard InChI is InChI=1S/C27H33F5O4/c1-3-5-7-8-17-34-21-12-10-19(11-13-21)22-14-15-23(25(29)24(22)28)36-26(33)35-18-16-20(9-6-4-2)27(30,31)32/h10-15,20H,3-9,16-18H2,1-2H3. The predicted octanol–water partition coefficient (Wildman–Crippen LogP) is 8.87. The Bertz CT molecular complexity index is 944. The van der Waals surface area contributed by atoms with Crippen molar-refractivity contribution in [1.29, 1.82) is 0 Å². The zero-order valence-corrected chi connectivity index (χ0v) is 20.6. The Morgan fingerprint density at radius 2 is 1.53 bits per heavy atom. The van der Waals surface area contributed by atoms with Gasteiger partial charge in [0.05, 0.1) is 19.1 Å². The van der Waals surface area contributed by atoms with Gasteiger partial charge in [-0.2, -0.15) is 17.6 Å². The van der Waals surface area contributed by atoms with Crippen LogP contribution in [0.2, 0.25) is 0 Å². The van der Waals surface area contributed by atoms with E-state index in [-0.39, 0.29) is 12.0 Å². The number of carbonyl (C=O) groups is 1. The lowest BCUT2D eigenvalue weighted by Crippen LogP contribution is -2.25. The van der Waals surface area contributed by atoms with Crippen LogP contribution >= 0.6 is 0 Å². The summed E-state index contributed by atoms with van der Waals surface area (Å²) in [5.74, 6) is -4.36. The van der Waals surface area contributed by atoms with Gasteiger partial charge in [-0.3, -0.25) is 0 Å². The van der Waals surface area contributed by atoms with E-state index < -0.39 is 48.7 Å². The summed E-state index contributed by atoms with van der Waals surface area (Å²) in [5.41, 5.74) is 0.343. The minimum Gasteiger partial charge on any atom is -0.494 e. The van der Waals surface area contributed by atoms with Crippen molar-refractivity contribution in [2.24, 2.45) is 5.92 Å². The highest BCUT2D eigenvalue weighted by Gasteiger charge is 2.38. The van der Waals surface area contributed by atoms with Crippen molar-refractivity contribution in [2.75, 3.05) is 13.2 Å². The van der Waals surface area contributed by atoms with Crippen LogP contribution in [0.25, 0.3) is 11.1 Å². The third kappa shape index (κ3) is 9.32. The Labute approximate surface area is 208 Å². The molecule has 0 heterocycles. The maximum absolute atomic E-state index is 14.7. The van der Waals surface area contributed by atoms with Crippen LogP contribution < -0.4 is 9.47 Å². The first-order chi connectivity index (χ1) is 17.2. The molecule has 0 amide bonds. The minimum absolute atomic E-state index is 0.0494. The Kier molecular flexibility index (Phi) is 12.0. The average molecular weight is 517 g/mol. The quantitative estimate of drug-likeness (QED) is 0.109. The van der Waals surface area contributed by atoms with Crippen molar-refractivity contribution in [3.05, 3.63) is 48.0 Å². The van der Waals surface area contributed by atoms with Gasteiger partial charge in [0.2, 0.25) is 5.82 Å². The van der Waals surface area contributed by atoms with Gasteiger partial charge in [-0.25, -0.2) is 9.18 Å². The number of unbranched alkanes of at least 4 members (excludes halogenated alkanes) is 4. The van der Waals surface area contributed by atoms with E-state index in [9.17, 15) is 26.7 Å². The molecule has 0 aliphatic rings. The fourth-order valence-electron chi connectivity index (χ4n) is 3.61. The lowest BCUT2D eigenvalue weighted by molar-refractivity contribution is -0.180. The summed E-state index contributed by atoms with van der Waals surface area (Å²) in [5, 5.41) is 0. The molecule has 36 heavy (non-hydrogen) atoms. The van der Waals surface area contributed by atoms with E-state index in [0.29, 0.717) is 30.8 Å². The number of rotatable bonds is 14. The molecule has 0 fully saturated rings. The van der Waals surface area contributed by atoms with E-state index >= 15 is 0 Å². The van der Waals surface area contributed by atoms with Crippen LogP contribution in [0.15, 0.2) is 36.4 Å². The second-order valence-electron chi connectivity index (χ2n) is 8.54. The molecule has 1 atom stereocenters. The number of benzene rings is 2. The number of hydrogen-bond donors (Lipinski definition) is 0. The lowest BCUT2D eigenvalue weighted by Gasteiger charge is -2.19. The first-order valence-corrected chi connectivity index (χ1v) is 12.3. The summed E-state index contributed by atoms with van der Waals surface area (Å²) in [7, 11) is 0. The molecule has 0 spiro atoms. The normalized spacial score (nSPS) is 12.3. The molecule has 0 aliphatic heterocycles. The molecule has 0 aliphatic carbocycles. The molecule has 0 aromatic heterocycles. The molecule has 0 bridgehead atoms. The molecule has 4 nitrogen and oxygen atoms in total. The number of alkyl halides is 3. The van der Waals surface area contributed by atoms with E-state index in [1.54, 1.807) is 31.2 Å². The van der Waals surface area contributed by atoms with Crippen molar-refractivity contribution in [3.63, 3.8) is 0 Å². The third-order valence-electron chi connectivity index (χ3n) is 5.73. The highest BCUT2D eigenvalue weighted by molar-refractivity contribution is 5.68. The molecule has 0 saturated heterocycles. The van der Waals surface area contributed by atoms with Crippen LogP contribution in [0.5, 0.6) is 11.5 Å². The van der Waals surface area contributed by atoms with Crippen molar-refractivity contribution in [3.8, 4) is 22.6 Å². The van der Waals surface area contributed by atoms with Crippen LogP contribution in [-0.2, 0) is 4.74 Å². The van der Waals surface area contributed by atoms with Gasteiger partial charge in [-0.05, 0) is 49.1 Å². The number of halogens is 5. The largest absolute Gasteiger partial charge is 0.513 e. The molecule has 0 saturated carbocycles. The molecule has 200 valence electrons. The van der Waals surface area contributed by atoms with Gasteiger partial charge in [0.1, 0.15) is 5.75 Å². The van der Waals surface area contributed by atoms with Crippen molar-refractivity contribution in [1.82, 2.24) is 0 Å². The van der Waals surface area contributed by atoms with E-state index in [1.165, 1.54) is 6.07 Å². The fraction of sp³-hybridized carbons (Fsp3) is 0.519. The second-order valence-corrected chi connectivity index (χ2v) is 8.54. The zero-order chi connectivity index (χ0) is 26.6. The van der Waals surface area contributed by atoms with Gasteiger partial charge < -0.3 is 14.2 Å². The van der Waals surface area contributed by atoms with Crippen LogP contribution in [0.4, 0.5) is 26.7 Å². The van der Waals surface area contributed by atoms with Gasteiger partial charge >= 0.3 is 12.3 Å². The molecule has 2 aromatic carbocycles. The maximum Gasteiger partial charge on any atom is 0.513 e. The molecule has 1 unspecified atom stereocenters. The highest BCUT2D eigenvalue weighted by atomic mass is 19.4. The van der Waals surface area contributed by atoms with Crippen LogP contribution in [0, 0.1) is 17.6 Å². The summed E-state index contributed by atoms with van der Waals surface area (Å²) in [6.07, 6.45) is -1.06. The monoisotopic (exact) mass is 516 g/mol. The Morgan fingerprint density at radius 3 is 2.17 bits per heavy atom. The van der Waals surface area contributed by atoms with Crippen molar-refractivity contribution in [2.45, 2.75) is 71.4 Å². The Hall–Kier alpha value is -2.84. The van der Waals surface area contributed by atoms with Crippen LogP contribution in [-0.4, -0.2) is 25.5 Å². The molecule has 2 aromatic rings. The summed E-state index contributed by atoms with van der Waals surface area (Å²) in [6, 6.07) is 8.79. The molecular formula is C27H33F5O4. The number of carbonyl (C=O) groups excluding carboxylic acids is 1. The summed E-state index contributed by atoms with van der Waals surface area (Å²) < 4.78 is 83.3. The van der Waals surface area contributed by atoms with E-state index in [1.807, 2.05) is 0 Å². The minimum atomic E-state index is -4.41. The second kappa shape index (κ2) is 14.7. The predicted molar refractivity (Wildman–Crippen MR) is 127 cm³/mol. The lowest BCUT2D eigenvalue weighted by atomic mass is 9.98. The Morgan fingerprint density at radius 1 is 0.833 bits per heavy atom. The van der Waals surface area contributed by atoms with Gasteiger partial charge in [-0.15, -0.1) is 0 Å². The van der Waals surface area contributed by atoms with E-state index in [0.717, 1.165) is 31.7 Å². The third-order valence-corrected chi connectivity index (χ3v) is 5.73. The van der Waals surface area contributed by atoms with Gasteiger partial charge in [-0.1, -0.05) is 58.1 Å². The molecule has 0 radical (unpaired) electrons. The average Bonchev–Trinajstić information content (AvgIpc) is 2.84.